The molecule has 1 N–H and O–H groups in total. The van der Waals surface area contributed by atoms with Gasteiger partial charge in [0.1, 0.15) is 6.04 Å². The van der Waals surface area contributed by atoms with Gasteiger partial charge in [-0.2, -0.15) is 9.98 Å². The molecule has 1 heterocycles. The largest absolute Gasteiger partial charge is 0.311 e. The van der Waals surface area contributed by atoms with Gasteiger partial charge in [0.2, 0.25) is 15.9 Å². The SMILES string of the molecule is Cc1cc(C)cc(N2CC[C@H](NS(=O)(=O)c3ccc(C#N)cc3)C2=O)c1. The second-order valence-electron chi connectivity index (χ2n) is 6.43. The smallest absolute Gasteiger partial charge is 0.245 e. The minimum Gasteiger partial charge on any atom is -0.311 e. The molecule has 7 heteroatoms. The monoisotopic (exact) mass is 369 g/mol. The number of anilines is 1. The summed E-state index contributed by atoms with van der Waals surface area (Å²) in [6, 6.07) is 12.6. The third kappa shape index (κ3) is 3.62. The van der Waals surface area contributed by atoms with Gasteiger partial charge in [-0.05, 0) is 67.8 Å². The first-order valence-corrected chi connectivity index (χ1v) is 9.70. The normalized spacial score (nSPS) is 17.3. The minimum atomic E-state index is -3.83. The number of aryl methyl sites for hydroxylation is 2. The highest BCUT2D eigenvalue weighted by Gasteiger charge is 2.35. The van der Waals surface area contributed by atoms with E-state index in [1.165, 1.54) is 24.3 Å². The van der Waals surface area contributed by atoms with Crippen molar-refractivity contribution in [2.24, 2.45) is 0 Å². The Kier molecular flexibility index (Phi) is 4.81. The van der Waals surface area contributed by atoms with E-state index in [9.17, 15) is 13.2 Å². The van der Waals surface area contributed by atoms with Crippen molar-refractivity contribution in [1.29, 1.82) is 5.26 Å². The summed E-state index contributed by atoms with van der Waals surface area (Å²) in [7, 11) is -3.83. The summed E-state index contributed by atoms with van der Waals surface area (Å²) in [5.74, 6) is -0.257. The fourth-order valence-corrected chi connectivity index (χ4v) is 4.34. The van der Waals surface area contributed by atoms with E-state index in [1.807, 2.05) is 38.1 Å². The first-order chi connectivity index (χ1) is 12.3. The molecule has 0 saturated carbocycles. The van der Waals surface area contributed by atoms with Crippen LogP contribution >= 0.6 is 0 Å². The molecule has 1 atom stereocenters. The maximum absolute atomic E-state index is 12.7. The molecular weight excluding hydrogens is 350 g/mol. The number of benzene rings is 2. The molecule has 0 aromatic heterocycles. The summed E-state index contributed by atoms with van der Waals surface area (Å²) in [5, 5.41) is 8.81. The van der Waals surface area contributed by atoms with Crippen LogP contribution in [-0.4, -0.2) is 26.9 Å². The zero-order chi connectivity index (χ0) is 18.9. The number of nitriles is 1. The van der Waals surface area contributed by atoms with Gasteiger partial charge in [-0.15, -0.1) is 0 Å². The van der Waals surface area contributed by atoms with Gasteiger partial charge in [-0.25, -0.2) is 8.42 Å². The first kappa shape index (κ1) is 18.1. The number of amides is 1. The number of nitrogens with one attached hydrogen (secondary N) is 1. The zero-order valence-electron chi connectivity index (χ0n) is 14.6. The second kappa shape index (κ2) is 6.90. The minimum absolute atomic E-state index is 0.0363. The van der Waals surface area contributed by atoms with Crippen LogP contribution in [0.1, 0.15) is 23.1 Å². The summed E-state index contributed by atoms with van der Waals surface area (Å²) >= 11 is 0. The lowest BCUT2D eigenvalue weighted by Crippen LogP contribution is -2.41. The lowest BCUT2D eigenvalue weighted by Gasteiger charge is -2.18. The van der Waals surface area contributed by atoms with Crippen molar-refractivity contribution in [3.63, 3.8) is 0 Å². The highest BCUT2D eigenvalue weighted by molar-refractivity contribution is 7.89. The molecular formula is C19H19N3O3S. The summed E-state index contributed by atoms with van der Waals surface area (Å²) in [6.45, 7) is 4.38. The van der Waals surface area contributed by atoms with Crippen molar-refractivity contribution in [2.45, 2.75) is 31.2 Å². The van der Waals surface area contributed by atoms with Crippen LogP contribution in [0.5, 0.6) is 0 Å². The molecule has 2 aromatic rings. The molecule has 134 valence electrons. The Morgan fingerprint density at radius 3 is 2.31 bits per heavy atom. The number of carbonyl (C=O) groups excluding carboxylic acids is 1. The molecule has 26 heavy (non-hydrogen) atoms. The standard InChI is InChI=1S/C19H19N3O3S/c1-13-9-14(2)11-16(10-13)22-8-7-18(19(22)23)21-26(24,25)17-5-3-15(12-20)4-6-17/h3-6,9-11,18,21H,7-8H2,1-2H3/t18-/m0/s1. The zero-order valence-corrected chi connectivity index (χ0v) is 15.4. The molecule has 0 unspecified atom stereocenters. The molecule has 0 spiro atoms. The fourth-order valence-electron chi connectivity index (χ4n) is 3.12. The summed E-state index contributed by atoms with van der Waals surface area (Å²) < 4.78 is 27.5. The molecule has 3 rings (SSSR count). The van der Waals surface area contributed by atoms with Gasteiger partial charge >= 0.3 is 0 Å². The summed E-state index contributed by atoms with van der Waals surface area (Å²) in [6.07, 6.45) is 0.404. The van der Waals surface area contributed by atoms with Crippen LogP contribution in [0.15, 0.2) is 47.4 Å². The predicted octanol–water partition coefficient (Wildman–Crippen LogP) is 2.26. The number of hydrogen-bond acceptors (Lipinski definition) is 4. The Morgan fingerprint density at radius 1 is 1.12 bits per heavy atom. The molecule has 1 aliphatic rings. The van der Waals surface area contributed by atoms with Crippen molar-refractivity contribution >= 4 is 21.6 Å². The average Bonchev–Trinajstić information content (AvgIpc) is 2.94. The van der Waals surface area contributed by atoms with E-state index in [-0.39, 0.29) is 10.8 Å². The Labute approximate surface area is 153 Å². The van der Waals surface area contributed by atoms with E-state index in [4.69, 9.17) is 5.26 Å². The Morgan fingerprint density at radius 2 is 1.73 bits per heavy atom. The van der Waals surface area contributed by atoms with Crippen LogP contribution in [0.4, 0.5) is 5.69 Å². The van der Waals surface area contributed by atoms with Gasteiger partial charge < -0.3 is 4.90 Å². The highest BCUT2D eigenvalue weighted by Crippen LogP contribution is 2.25. The Balaban J connectivity index is 1.78. The van der Waals surface area contributed by atoms with E-state index in [1.54, 1.807) is 4.90 Å². The number of carbonyl (C=O) groups is 1. The topological polar surface area (TPSA) is 90.3 Å². The first-order valence-electron chi connectivity index (χ1n) is 8.22. The van der Waals surface area contributed by atoms with Crippen LogP contribution in [0.2, 0.25) is 0 Å². The number of sulfonamides is 1. The highest BCUT2D eigenvalue weighted by atomic mass is 32.2. The molecule has 2 aromatic carbocycles. The lowest BCUT2D eigenvalue weighted by atomic mass is 10.1. The van der Waals surface area contributed by atoms with E-state index >= 15 is 0 Å². The predicted molar refractivity (Wildman–Crippen MR) is 98.2 cm³/mol. The third-order valence-corrected chi connectivity index (χ3v) is 5.80. The molecule has 1 fully saturated rings. The van der Waals surface area contributed by atoms with E-state index < -0.39 is 16.1 Å². The number of hydrogen-bond donors (Lipinski definition) is 1. The molecule has 0 aliphatic carbocycles. The Bertz CT molecular complexity index is 971. The fraction of sp³-hybridized carbons (Fsp3) is 0.263. The van der Waals surface area contributed by atoms with Gasteiger partial charge in [-0.3, -0.25) is 4.79 Å². The van der Waals surface area contributed by atoms with E-state index in [0.29, 0.717) is 18.5 Å². The van der Waals surface area contributed by atoms with E-state index in [2.05, 4.69) is 4.72 Å². The van der Waals surface area contributed by atoms with Gasteiger partial charge in [0.25, 0.3) is 0 Å². The number of nitrogens with zero attached hydrogens (tertiary/aromatic N) is 2. The van der Waals surface area contributed by atoms with Crippen molar-refractivity contribution in [1.82, 2.24) is 4.72 Å². The lowest BCUT2D eigenvalue weighted by molar-refractivity contribution is -0.118. The van der Waals surface area contributed by atoms with Crippen LogP contribution in [-0.2, 0) is 14.8 Å². The molecule has 1 amide bonds. The van der Waals surface area contributed by atoms with Crippen molar-refractivity contribution in [2.75, 3.05) is 11.4 Å². The summed E-state index contributed by atoms with van der Waals surface area (Å²) in [5.41, 5.74) is 3.26. The Hall–Kier alpha value is -2.69. The maximum atomic E-state index is 12.7. The van der Waals surface area contributed by atoms with Crippen molar-refractivity contribution in [3.8, 4) is 6.07 Å². The number of rotatable bonds is 4. The molecule has 1 saturated heterocycles. The summed E-state index contributed by atoms with van der Waals surface area (Å²) in [4.78, 5) is 14.3. The maximum Gasteiger partial charge on any atom is 0.245 e. The van der Waals surface area contributed by atoms with E-state index in [0.717, 1.165) is 16.8 Å². The van der Waals surface area contributed by atoms with Crippen LogP contribution < -0.4 is 9.62 Å². The molecule has 0 bridgehead atoms. The van der Waals surface area contributed by atoms with Crippen LogP contribution in [0.3, 0.4) is 0 Å². The van der Waals surface area contributed by atoms with Crippen LogP contribution in [0, 0.1) is 25.2 Å². The molecule has 1 aliphatic heterocycles. The molecule has 6 nitrogen and oxygen atoms in total. The van der Waals surface area contributed by atoms with Crippen molar-refractivity contribution in [3.05, 3.63) is 59.2 Å². The van der Waals surface area contributed by atoms with Crippen LogP contribution in [0.25, 0.3) is 0 Å². The average molecular weight is 369 g/mol. The van der Waals surface area contributed by atoms with Gasteiger partial charge in [0, 0.05) is 12.2 Å². The van der Waals surface area contributed by atoms with Gasteiger partial charge in [0.15, 0.2) is 0 Å². The van der Waals surface area contributed by atoms with Gasteiger partial charge in [-0.1, -0.05) is 6.07 Å². The quantitative estimate of drug-likeness (QED) is 0.895. The second-order valence-corrected chi connectivity index (χ2v) is 8.15. The molecule has 0 radical (unpaired) electrons. The van der Waals surface area contributed by atoms with Crippen molar-refractivity contribution < 1.29 is 13.2 Å². The van der Waals surface area contributed by atoms with Gasteiger partial charge in [0.05, 0.1) is 16.5 Å². The third-order valence-electron chi connectivity index (χ3n) is 4.31.